The van der Waals surface area contributed by atoms with Gasteiger partial charge in [-0.1, -0.05) is 13.3 Å². The second kappa shape index (κ2) is 13.0. The molecule has 9 atom stereocenters. The SMILES string of the molecule is CCC[C@@H]1C[C@@H](C(=O)N[C@@H]([C@H]2O[C@H](SC)[C@H](O)[C@@H](O)[C@H]2O)[C@@H](C)O)N(C)C1.O=P(O)(O)O. The molecule has 0 aromatic carbocycles. The summed E-state index contributed by atoms with van der Waals surface area (Å²) < 4.78 is 14.6. The van der Waals surface area contributed by atoms with Gasteiger partial charge in [-0.25, -0.2) is 4.57 Å². The molecule has 0 aromatic rings. The van der Waals surface area contributed by atoms with E-state index in [1.54, 1.807) is 6.26 Å². The number of nitrogens with zero attached hydrogens (tertiary/aromatic N) is 1. The monoisotopic (exact) mass is 504 g/mol. The van der Waals surface area contributed by atoms with Gasteiger partial charge in [0.1, 0.15) is 29.9 Å². The third-order valence-corrected chi connectivity index (χ3v) is 6.51. The lowest BCUT2D eigenvalue weighted by atomic mass is 9.92. The Morgan fingerprint density at radius 3 is 2.25 bits per heavy atom. The van der Waals surface area contributed by atoms with E-state index in [-0.39, 0.29) is 11.9 Å². The lowest BCUT2D eigenvalue weighted by Gasteiger charge is -2.44. The number of likely N-dealkylation sites (N-methyl/N-ethyl adjacent to an activating group) is 1. The van der Waals surface area contributed by atoms with Crippen LogP contribution < -0.4 is 5.32 Å². The Balaban J connectivity index is 0.000000920. The van der Waals surface area contributed by atoms with Gasteiger partial charge in [0.25, 0.3) is 0 Å². The number of ether oxygens (including phenoxy) is 1. The molecule has 0 radical (unpaired) electrons. The predicted octanol–water partition coefficient (Wildman–Crippen LogP) is -1.79. The zero-order valence-corrected chi connectivity index (χ0v) is 20.4. The van der Waals surface area contributed by atoms with Crippen molar-refractivity contribution in [1.82, 2.24) is 10.2 Å². The fraction of sp³-hybridized carbons (Fsp3) is 0.944. The third-order valence-electron chi connectivity index (χ3n) is 5.66. The van der Waals surface area contributed by atoms with Crippen molar-refractivity contribution in [1.29, 1.82) is 0 Å². The molecule has 2 fully saturated rings. The number of nitrogens with one attached hydrogen (secondary N) is 1. The molecular weight excluding hydrogens is 467 g/mol. The highest BCUT2D eigenvalue weighted by atomic mass is 32.2. The molecule has 0 unspecified atom stereocenters. The fourth-order valence-electron chi connectivity index (χ4n) is 4.13. The van der Waals surface area contributed by atoms with E-state index in [2.05, 4.69) is 12.2 Å². The van der Waals surface area contributed by atoms with Crippen molar-refractivity contribution in [2.24, 2.45) is 5.92 Å². The molecule has 1 amide bonds. The molecular formula is C18H37N2O10PS. The van der Waals surface area contributed by atoms with Gasteiger partial charge < -0.3 is 45.2 Å². The number of rotatable bonds is 7. The Hall–Kier alpha value is -0.310. The number of carbonyl (C=O) groups excluding carboxylic acids is 1. The summed E-state index contributed by atoms with van der Waals surface area (Å²) in [5.41, 5.74) is -0.755. The van der Waals surface area contributed by atoms with Gasteiger partial charge in [-0.15, -0.1) is 11.8 Å². The summed E-state index contributed by atoms with van der Waals surface area (Å²) in [6.45, 7) is 4.48. The molecule has 0 aliphatic carbocycles. The average molecular weight is 505 g/mol. The lowest BCUT2D eigenvalue weighted by molar-refractivity contribution is -0.211. The molecule has 2 saturated heterocycles. The predicted molar refractivity (Wildman–Crippen MR) is 118 cm³/mol. The molecule has 2 rings (SSSR count). The largest absolute Gasteiger partial charge is 0.466 e. The van der Waals surface area contributed by atoms with E-state index in [1.807, 2.05) is 11.9 Å². The second-order valence-corrected chi connectivity index (χ2v) is 10.3. The highest BCUT2D eigenvalue weighted by Gasteiger charge is 2.48. The molecule has 0 saturated carbocycles. The van der Waals surface area contributed by atoms with Crippen LogP contribution in [0.25, 0.3) is 0 Å². The van der Waals surface area contributed by atoms with Crippen LogP contribution in [0.15, 0.2) is 0 Å². The molecule has 0 bridgehead atoms. The number of aliphatic hydroxyl groups is 4. The van der Waals surface area contributed by atoms with Gasteiger partial charge in [-0.2, -0.15) is 0 Å². The first kappa shape index (κ1) is 29.7. The molecule has 8 N–H and O–H groups in total. The van der Waals surface area contributed by atoms with Crippen LogP contribution in [-0.4, -0.2) is 114 Å². The van der Waals surface area contributed by atoms with Crippen LogP contribution >= 0.6 is 19.6 Å². The number of amides is 1. The molecule has 0 aromatic heterocycles. The first-order valence-corrected chi connectivity index (χ1v) is 13.3. The molecule has 14 heteroatoms. The summed E-state index contributed by atoms with van der Waals surface area (Å²) in [5.74, 6) is 0.245. The van der Waals surface area contributed by atoms with E-state index < -0.39 is 49.8 Å². The van der Waals surface area contributed by atoms with Gasteiger partial charge in [0, 0.05) is 6.54 Å². The van der Waals surface area contributed by atoms with Crippen molar-refractivity contribution < 1.29 is 49.2 Å². The number of likely N-dealkylation sites (tertiary alicyclic amines) is 1. The number of hydrogen-bond acceptors (Lipinski definition) is 9. The van der Waals surface area contributed by atoms with Crippen molar-refractivity contribution in [2.45, 2.75) is 81.1 Å². The van der Waals surface area contributed by atoms with Gasteiger partial charge in [0.15, 0.2) is 0 Å². The summed E-state index contributed by atoms with van der Waals surface area (Å²) in [6.07, 6.45) is -1.50. The van der Waals surface area contributed by atoms with E-state index in [0.29, 0.717) is 5.92 Å². The van der Waals surface area contributed by atoms with Crippen LogP contribution in [0.1, 0.15) is 33.1 Å². The Labute approximate surface area is 192 Å². The van der Waals surface area contributed by atoms with Crippen molar-refractivity contribution in [3.8, 4) is 0 Å². The topological polar surface area (TPSA) is 200 Å². The Morgan fingerprint density at radius 1 is 1.22 bits per heavy atom. The quantitative estimate of drug-likeness (QED) is 0.181. The summed E-state index contributed by atoms with van der Waals surface area (Å²) >= 11 is 1.20. The van der Waals surface area contributed by atoms with Gasteiger partial charge in [-0.05, 0) is 39.0 Å². The highest BCUT2D eigenvalue weighted by molar-refractivity contribution is 7.99. The van der Waals surface area contributed by atoms with Crippen LogP contribution in [0.3, 0.4) is 0 Å². The second-order valence-electron chi connectivity index (χ2n) is 8.31. The van der Waals surface area contributed by atoms with Gasteiger partial charge >= 0.3 is 7.82 Å². The van der Waals surface area contributed by atoms with E-state index in [9.17, 15) is 25.2 Å². The zero-order chi connectivity index (χ0) is 24.8. The maximum Gasteiger partial charge on any atom is 0.466 e. The minimum Gasteiger partial charge on any atom is -0.391 e. The minimum absolute atomic E-state index is 0.223. The standard InChI is InChI=1S/C18H34N2O6S.H3O4P/c1-5-6-10-7-11(20(3)8-10)17(25)19-12(9(2)21)16-14(23)13(22)15(24)18(26-16)27-4;1-5(2,3)4/h9-16,18,21-24H,5-8H2,1-4H3,(H,19,25);(H3,1,2,3,4)/t9-,10-,11+,12-,13+,14-,15-,16-,18-;/m1./s1. The number of thioether (sulfide) groups is 1. The Kier molecular flexibility index (Phi) is 12.0. The smallest absolute Gasteiger partial charge is 0.391 e. The van der Waals surface area contributed by atoms with Gasteiger partial charge in [0.05, 0.1) is 18.2 Å². The summed E-state index contributed by atoms with van der Waals surface area (Å²) in [4.78, 5) is 36.4. The minimum atomic E-state index is -4.64. The Bertz CT molecular complexity index is 629. The van der Waals surface area contributed by atoms with Crippen LogP contribution in [0.4, 0.5) is 0 Å². The number of aliphatic hydroxyl groups excluding tert-OH is 4. The number of phosphoric acid groups is 1. The molecule has 2 aliphatic heterocycles. The third kappa shape index (κ3) is 8.80. The first-order valence-electron chi connectivity index (χ1n) is 10.4. The summed E-state index contributed by atoms with van der Waals surface area (Å²) in [6, 6.07) is -1.20. The number of hydrogen-bond donors (Lipinski definition) is 8. The summed E-state index contributed by atoms with van der Waals surface area (Å²) in [7, 11) is -2.73. The lowest BCUT2D eigenvalue weighted by Crippen LogP contribution is -2.65. The van der Waals surface area contributed by atoms with E-state index in [1.165, 1.54) is 18.7 Å². The summed E-state index contributed by atoms with van der Waals surface area (Å²) in [5, 5.41) is 43.5. The number of carbonyl (C=O) groups is 1. The molecule has 12 nitrogen and oxygen atoms in total. The van der Waals surface area contributed by atoms with Crippen LogP contribution in [0.5, 0.6) is 0 Å². The van der Waals surface area contributed by atoms with Crippen LogP contribution in [0.2, 0.25) is 0 Å². The van der Waals surface area contributed by atoms with Crippen molar-refractivity contribution in [3.63, 3.8) is 0 Å². The normalized spacial score (nSPS) is 35.5. The van der Waals surface area contributed by atoms with Crippen molar-refractivity contribution >= 4 is 25.5 Å². The van der Waals surface area contributed by atoms with E-state index in [4.69, 9.17) is 24.0 Å². The molecule has 190 valence electrons. The highest BCUT2D eigenvalue weighted by Crippen LogP contribution is 2.30. The molecule has 2 heterocycles. The molecule has 32 heavy (non-hydrogen) atoms. The first-order chi connectivity index (χ1) is 14.7. The molecule has 0 spiro atoms. The van der Waals surface area contributed by atoms with E-state index in [0.717, 1.165) is 25.8 Å². The van der Waals surface area contributed by atoms with Crippen molar-refractivity contribution in [2.75, 3.05) is 19.8 Å². The average Bonchev–Trinajstić information content (AvgIpc) is 3.04. The van der Waals surface area contributed by atoms with Gasteiger partial charge in [0.2, 0.25) is 5.91 Å². The maximum atomic E-state index is 12.8. The Morgan fingerprint density at radius 2 is 1.78 bits per heavy atom. The van der Waals surface area contributed by atoms with Gasteiger partial charge in [-0.3, -0.25) is 9.69 Å². The zero-order valence-electron chi connectivity index (χ0n) is 18.7. The van der Waals surface area contributed by atoms with Crippen LogP contribution in [-0.2, 0) is 14.1 Å². The van der Waals surface area contributed by atoms with Crippen molar-refractivity contribution in [3.05, 3.63) is 0 Å². The van der Waals surface area contributed by atoms with E-state index >= 15 is 0 Å². The fourth-order valence-corrected chi connectivity index (χ4v) is 4.81. The maximum absolute atomic E-state index is 12.8. The van der Waals surface area contributed by atoms with Crippen LogP contribution in [0, 0.1) is 5.92 Å². The molecule has 2 aliphatic rings.